The third kappa shape index (κ3) is 4.19. The Labute approximate surface area is 169 Å². The molecular weight excluding hydrogens is 397 g/mol. The molecule has 7 nitrogen and oxygen atoms in total. The van der Waals surface area contributed by atoms with Crippen LogP contribution in [-0.4, -0.2) is 29.5 Å². The second-order valence-electron chi connectivity index (χ2n) is 6.26. The number of thiazole rings is 1. The standard InChI is InChI=1S/C20H16FN3O4S/c1-11(25)22-14-8-12(21)6-7-13(14)15-10-29-20(23-15)24-19(26)18-9-27-16-4-2-3-5-17(16)28-18/h2-8,10,18H,9H2,1H3,(H,22,25)(H,23,24,26). The molecule has 0 fully saturated rings. The normalized spacial score (nSPS) is 14.9. The van der Waals surface area contributed by atoms with E-state index in [-0.39, 0.29) is 18.4 Å². The first-order chi connectivity index (χ1) is 14.0. The van der Waals surface area contributed by atoms with Gasteiger partial charge >= 0.3 is 0 Å². The van der Waals surface area contributed by atoms with Crippen molar-refractivity contribution in [1.82, 2.24) is 4.98 Å². The zero-order valence-corrected chi connectivity index (χ0v) is 16.1. The topological polar surface area (TPSA) is 89.6 Å². The summed E-state index contributed by atoms with van der Waals surface area (Å²) in [4.78, 5) is 28.3. The Hall–Kier alpha value is -3.46. The molecule has 0 aliphatic carbocycles. The van der Waals surface area contributed by atoms with E-state index in [2.05, 4.69) is 15.6 Å². The van der Waals surface area contributed by atoms with E-state index in [0.717, 1.165) is 0 Å². The summed E-state index contributed by atoms with van der Waals surface area (Å²) in [5, 5.41) is 7.35. The fourth-order valence-corrected chi connectivity index (χ4v) is 3.54. The third-order valence-corrected chi connectivity index (χ3v) is 4.86. The summed E-state index contributed by atoms with van der Waals surface area (Å²) >= 11 is 1.21. The highest BCUT2D eigenvalue weighted by atomic mass is 32.1. The molecule has 2 heterocycles. The Kier molecular flexibility index (Phi) is 5.13. The Bertz CT molecular complexity index is 1090. The predicted octanol–water partition coefficient (Wildman–Crippen LogP) is 3.69. The lowest BCUT2D eigenvalue weighted by Crippen LogP contribution is -2.40. The van der Waals surface area contributed by atoms with Gasteiger partial charge in [0.15, 0.2) is 16.6 Å². The number of aromatic nitrogens is 1. The van der Waals surface area contributed by atoms with Gasteiger partial charge in [-0.15, -0.1) is 11.3 Å². The molecule has 29 heavy (non-hydrogen) atoms. The number of nitrogens with zero attached hydrogens (tertiary/aromatic N) is 1. The van der Waals surface area contributed by atoms with Gasteiger partial charge in [0.1, 0.15) is 12.4 Å². The van der Waals surface area contributed by atoms with E-state index < -0.39 is 11.9 Å². The lowest BCUT2D eigenvalue weighted by atomic mass is 10.1. The number of fused-ring (bicyclic) bond motifs is 1. The summed E-state index contributed by atoms with van der Waals surface area (Å²) in [6, 6.07) is 11.1. The SMILES string of the molecule is CC(=O)Nc1cc(F)ccc1-c1csc(NC(=O)C2COc3ccccc3O2)n1. The lowest BCUT2D eigenvalue weighted by Gasteiger charge is -2.25. The molecule has 1 atom stereocenters. The number of anilines is 2. The van der Waals surface area contributed by atoms with Gasteiger partial charge in [-0.1, -0.05) is 12.1 Å². The Morgan fingerprint density at radius 1 is 1.17 bits per heavy atom. The van der Waals surface area contributed by atoms with Gasteiger partial charge in [-0.25, -0.2) is 9.37 Å². The van der Waals surface area contributed by atoms with Gasteiger partial charge in [0.05, 0.1) is 11.4 Å². The molecule has 148 valence electrons. The van der Waals surface area contributed by atoms with Crippen LogP contribution in [0.25, 0.3) is 11.3 Å². The van der Waals surface area contributed by atoms with Crippen LogP contribution in [-0.2, 0) is 9.59 Å². The summed E-state index contributed by atoms with van der Waals surface area (Å²) in [6.45, 7) is 1.43. The molecule has 1 unspecified atom stereocenters. The zero-order chi connectivity index (χ0) is 20.4. The second kappa shape index (κ2) is 7.88. The summed E-state index contributed by atoms with van der Waals surface area (Å²) in [6.07, 6.45) is -0.807. The molecule has 0 spiro atoms. The molecule has 0 saturated heterocycles. The highest BCUT2D eigenvalue weighted by Crippen LogP contribution is 2.33. The third-order valence-electron chi connectivity index (χ3n) is 4.10. The van der Waals surface area contributed by atoms with Crippen molar-refractivity contribution >= 4 is 34.0 Å². The minimum atomic E-state index is -0.807. The Morgan fingerprint density at radius 3 is 2.76 bits per heavy atom. The van der Waals surface area contributed by atoms with Crippen molar-refractivity contribution in [1.29, 1.82) is 0 Å². The average Bonchev–Trinajstić information content (AvgIpc) is 3.15. The van der Waals surface area contributed by atoms with Crippen molar-refractivity contribution in [2.75, 3.05) is 17.2 Å². The van der Waals surface area contributed by atoms with Gasteiger partial charge in [-0.05, 0) is 30.3 Å². The summed E-state index contributed by atoms with van der Waals surface area (Å²) in [5.74, 6) is -0.0900. The van der Waals surface area contributed by atoms with E-state index in [1.54, 1.807) is 23.6 Å². The monoisotopic (exact) mass is 413 g/mol. The van der Waals surface area contributed by atoms with Gasteiger partial charge in [0.2, 0.25) is 12.0 Å². The number of para-hydroxylation sites is 2. The molecule has 0 saturated carbocycles. The zero-order valence-electron chi connectivity index (χ0n) is 15.3. The van der Waals surface area contributed by atoms with Crippen LogP contribution in [0, 0.1) is 5.82 Å². The number of benzene rings is 2. The number of halogens is 1. The number of amides is 2. The molecule has 0 bridgehead atoms. The molecule has 1 aliphatic heterocycles. The number of carbonyl (C=O) groups excluding carboxylic acids is 2. The van der Waals surface area contributed by atoms with Crippen molar-refractivity contribution in [3.63, 3.8) is 0 Å². The van der Waals surface area contributed by atoms with Crippen LogP contribution in [0.15, 0.2) is 47.8 Å². The van der Waals surface area contributed by atoms with Gasteiger partial charge < -0.3 is 14.8 Å². The van der Waals surface area contributed by atoms with E-state index in [9.17, 15) is 14.0 Å². The maximum atomic E-state index is 13.6. The minimum Gasteiger partial charge on any atom is -0.485 e. The molecule has 9 heteroatoms. The maximum Gasteiger partial charge on any atom is 0.270 e. The molecule has 2 aromatic carbocycles. The van der Waals surface area contributed by atoms with Gasteiger partial charge in [0, 0.05) is 17.9 Å². The Balaban J connectivity index is 1.49. The van der Waals surface area contributed by atoms with E-state index in [4.69, 9.17) is 9.47 Å². The number of hydrogen-bond acceptors (Lipinski definition) is 6. The van der Waals surface area contributed by atoms with Gasteiger partial charge in [0.25, 0.3) is 5.91 Å². The fourth-order valence-electron chi connectivity index (χ4n) is 2.82. The number of carbonyl (C=O) groups is 2. The second-order valence-corrected chi connectivity index (χ2v) is 7.12. The summed E-state index contributed by atoms with van der Waals surface area (Å²) < 4.78 is 24.8. The lowest BCUT2D eigenvalue weighted by molar-refractivity contribution is -0.125. The van der Waals surface area contributed by atoms with Crippen molar-refractivity contribution in [2.45, 2.75) is 13.0 Å². The first kappa shape index (κ1) is 18.9. The van der Waals surface area contributed by atoms with Crippen LogP contribution in [0.5, 0.6) is 11.5 Å². The van der Waals surface area contributed by atoms with Crippen molar-refractivity contribution in [2.24, 2.45) is 0 Å². The van der Waals surface area contributed by atoms with E-state index in [0.29, 0.717) is 33.6 Å². The molecule has 1 aromatic heterocycles. The number of nitrogens with one attached hydrogen (secondary N) is 2. The van der Waals surface area contributed by atoms with Gasteiger partial charge in [-0.3, -0.25) is 14.9 Å². The smallest absolute Gasteiger partial charge is 0.270 e. The summed E-state index contributed by atoms with van der Waals surface area (Å²) in [7, 11) is 0. The quantitative estimate of drug-likeness (QED) is 0.681. The van der Waals surface area contributed by atoms with Crippen molar-refractivity contribution in [3.05, 3.63) is 53.7 Å². The van der Waals surface area contributed by atoms with Gasteiger partial charge in [-0.2, -0.15) is 0 Å². The average molecular weight is 413 g/mol. The minimum absolute atomic E-state index is 0.0890. The number of ether oxygens (including phenoxy) is 2. The number of rotatable bonds is 4. The van der Waals surface area contributed by atoms with Crippen LogP contribution in [0.3, 0.4) is 0 Å². The molecule has 0 radical (unpaired) electrons. The maximum absolute atomic E-state index is 13.6. The highest BCUT2D eigenvalue weighted by molar-refractivity contribution is 7.14. The van der Waals surface area contributed by atoms with Crippen LogP contribution in [0.2, 0.25) is 0 Å². The van der Waals surface area contributed by atoms with Crippen molar-refractivity contribution < 1.29 is 23.5 Å². The van der Waals surface area contributed by atoms with Crippen LogP contribution in [0.1, 0.15) is 6.92 Å². The highest BCUT2D eigenvalue weighted by Gasteiger charge is 2.28. The Morgan fingerprint density at radius 2 is 1.97 bits per heavy atom. The van der Waals surface area contributed by atoms with E-state index in [1.807, 2.05) is 6.07 Å². The largest absolute Gasteiger partial charge is 0.485 e. The fraction of sp³-hybridized carbons (Fsp3) is 0.150. The van der Waals surface area contributed by atoms with Crippen molar-refractivity contribution in [3.8, 4) is 22.8 Å². The number of hydrogen-bond donors (Lipinski definition) is 2. The van der Waals surface area contributed by atoms with E-state index >= 15 is 0 Å². The predicted molar refractivity (Wildman–Crippen MR) is 107 cm³/mol. The molecule has 1 aliphatic rings. The molecule has 2 N–H and O–H groups in total. The van der Waals surface area contributed by atoms with Crippen LogP contribution >= 0.6 is 11.3 Å². The van der Waals surface area contributed by atoms with Crippen LogP contribution < -0.4 is 20.1 Å². The van der Waals surface area contributed by atoms with Crippen LogP contribution in [0.4, 0.5) is 15.2 Å². The summed E-state index contributed by atoms with van der Waals surface area (Å²) in [5.41, 5.74) is 1.35. The first-order valence-corrected chi connectivity index (χ1v) is 9.60. The molecule has 3 aromatic rings. The molecule has 2 amide bonds. The molecule has 4 rings (SSSR count). The molecular formula is C20H16FN3O4S. The first-order valence-electron chi connectivity index (χ1n) is 8.72. The van der Waals surface area contributed by atoms with E-state index in [1.165, 1.54) is 36.5 Å².